The van der Waals surface area contributed by atoms with Crippen molar-refractivity contribution in [2.75, 3.05) is 6.26 Å². The van der Waals surface area contributed by atoms with Crippen LogP contribution in [0.4, 0.5) is 0 Å². The summed E-state index contributed by atoms with van der Waals surface area (Å²) >= 11 is 0. The van der Waals surface area contributed by atoms with Crippen LogP contribution in [0.2, 0.25) is 0 Å². The molecule has 2 rings (SSSR count). The highest BCUT2D eigenvalue weighted by atomic mass is 32.2. The first kappa shape index (κ1) is 14.8. The van der Waals surface area contributed by atoms with Crippen LogP contribution in [-0.2, 0) is 16.4 Å². The van der Waals surface area contributed by atoms with Gasteiger partial charge in [-0.15, -0.1) is 0 Å². The third-order valence-corrected chi connectivity index (χ3v) is 4.61. The molecule has 0 saturated carbocycles. The summed E-state index contributed by atoms with van der Waals surface area (Å²) in [5, 5.41) is 0. The molecule has 2 aromatic carbocycles. The zero-order valence-electron chi connectivity index (χ0n) is 12.0. The molecule has 0 heterocycles. The Labute approximate surface area is 120 Å². The number of aryl methyl sites for hydroxylation is 2. The summed E-state index contributed by atoms with van der Waals surface area (Å²) in [5.41, 5.74) is 11.1. The van der Waals surface area contributed by atoms with Gasteiger partial charge in [-0.2, -0.15) is 0 Å². The van der Waals surface area contributed by atoms with Gasteiger partial charge < -0.3 is 5.73 Å². The molecule has 0 bridgehead atoms. The third-order valence-electron chi connectivity index (χ3n) is 3.50. The molecule has 0 aliphatic carbocycles. The van der Waals surface area contributed by atoms with Crippen LogP contribution in [-0.4, -0.2) is 14.7 Å². The highest BCUT2D eigenvalue weighted by molar-refractivity contribution is 7.90. The fourth-order valence-corrected chi connectivity index (χ4v) is 3.06. The second kappa shape index (κ2) is 5.38. The van der Waals surface area contributed by atoms with E-state index in [4.69, 9.17) is 5.73 Å². The van der Waals surface area contributed by atoms with Crippen LogP contribution < -0.4 is 5.73 Å². The normalized spacial score (nSPS) is 11.6. The first-order chi connectivity index (χ1) is 9.32. The van der Waals surface area contributed by atoms with E-state index in [1.807, 2.05) is 19.9 Å². The molecule has 4 heteroatoms. The Morgan fingerprint density at radius 1 is 1.00 bits per heavy atom. The van der Waals surface area contributed by atoms with Crippen molar-refractivity contribution in [3.63, 3.8) is 0 Å². The Morgan fingerprint density at radius 2 is 1.60 bits per heavy atom. The maximum Gasteiger partial charge on any atom is 0.175 e. The molecule has 0 aromatic heterocycles. The average molecular weight is 289 g/mol. The monoisotopic (exact) mass is 289 g/mol. The van der Waals surface area contributed by atoms with Gasteiger partial charge in [0.25, 0.3) is 0 Å². The summed E-state index contributed by atoms with van der Waals surface area (Å²) in [6.45, 7) is 4.57. The molecule has 0 amide bonds. The quantitative estimate of drug-likeness (QED) is 0.945. The molecule has 0 fully saturated rings. The minimum absolute atomic E-state index is 0.341. The number of rotatable bonds is 3. The summed E-state index contributed by atoms with van der Waals surface area (Å²) in [5.74, 6) is 0. The van der Waals surface area contributed by atoms with E-state index in [0.717, 1.165) is 27.8 Å². The van der Waals surface area contributed by atoms with E-state index in [2.05, 4.69) is 12.1 Å². The zero-order valence-corrected chi connectivity index (χ0v) is 12.8. The van der Waals surface area contributed by atoms with Gasteiger partial charge in [0, 0.05) is 12.8 Å². The van der Waals surface area contributed by atoms with Gasteiger partial charge in [-0.3, -0.25) is 0 Å². The maximum absolute atomic E-state index is 11.6. The molecule has 0 aliphatic rings. The van der Waals surface area contributed by atoms with Gasteiger partial charge in [-0.1, -0.05) is 24.3 Å². The van der Waals surface area contributed by atoms with Gasteiger partial charge in [0.2, 0.25) is 0 Å². The van der Waals surface area contributed by atoms with Crippen LogP contribution in [0, 0.1) is 13.8 Å². The SMILES string of the molecule is Cc1cc(-c2cccc(S(C)(=O)=O)c2)cc(C)c1CN. The molecular weight excluding hydrogens is 270 g/mol. The van der Waals surface area contributed by atoms with E-state index < -0.39 is 9.84 Å². The van der Waals surface area contributed by atoms with Gasteiger partial charge >= 0.3 is 0 Å². The number of nitrogens with two attached hydrogens (primary N) is 1. The third kappa shape index (κ3) is 2.92. The number of hydrogen-bond acceptors (Lipinski definition) is 3. The molecule has 106 valence electrons. The standard InChI is InChI=1S/C16H19NO2S/c1-11-7-14(8-12(2)16(11)10-17)13-5-4-6-15(9-13)20(3,18)19/h4-9H,10,17H2,1-3H3. The lowest BCUT2D eigenvalue weighted by atomic mass is 9.96. The largest absolute Gasteiger partial charge is 0.326 e. The minimum atomic E-state index is -3.19. The van der Waals surface area contributed by atoms with Crippen molar-refractivity contribution in [2.24, 2.45) is 5.73 Å². The molecule has 2 N–H and O–H groups in total. The molecule has 20 heavy (non-hydrogen) atoms. The lowest BCUT2D eigenvalue weighted by Gasteiger charge is -2.12. The molecule has 2 aromatic rings. The predicted molar refractivity (Wildman–Crippen MR) is 82.4 cm³/mol. The Hall–Kier alpha value is -1.65. The molecule has 0 radical (unpaired) electrons. The second-order valence-corrected chi connectivity index (χ2v) is 7.11. The number of benzene rings is 2. The predicted octanol–water partition coefficient (Wildman–Crippen LogP) is 2.83. The van der Waals surface area contributed by atoms with Crippen molar-refractivity contribution in [3.05, 3.63) is 53.1 Å². The van der Waals surface area contributed by atoms with Crippen LogP contribution in [0.5, 0.6) is 0 Å². The summed E-state index contributed by atoms with van der Waals surface area (Å²) < 4.78 is 23.3. The molecule has 0 spiro atoms. The van der Waals surface area contributed by atoms with Gasteiger partial charge in [0.05, 0.1) is 4.90 Å². The Morgan fingerprint density at radius 3 is 2.10 bits per heavy atom. The number of sulfone groups is 1. The highest BCUT2D eigenvalue weighted by Gasteiger charge is 2.10. The lowest BCUT2D eigenvalue weighted by Crippen LogP contribution is -2.02. The van der Waals surface area contributed by atoms with Crippen molar-refractivity contribution < 1.29 is 8.42 Å². The summed E-state index contributed by atoms with van der Waals surface area (Å²) in [4.78, 5) is 0.341. The van der Waals surface area contributed by atoms with Crippen LogP contribution in [0.25, 0.3) is 11.1 Å². The van der Waals surface area contributed by atoms with Crippen LogP contribution in [0.3, 0.4) is 0 Å². The molecule has 0 atom stereocenters. The summed E-state index contributed by atoms with van der Waals surface area (Å²) in [6.07, 6.45) is 1.22. The van der Waals surface area contributed by atoms with Gasteiger partial charge in [-0.05, 0) is 53.8 Å². The summed E-state index contributed by atoms with van der Waals surface area (Å²) in [6, 6.07) is 11.1. The van der Waals surface area contributed by atoms with Crippen molar-refractivity contribution in [1.82, 2.24) is 0 Å². The molecule has 3 nitrogen and oxygen atoms in total. The van der Waals surface area contributed by atoms with Crippen LogP contribution >= 0.6 is 0 Å². The van der Waals surface area contributed by atoms with Gasteiger partial charge in [0.1, 0.15) is 0 Å². The zero-order chi connectivity index (χ0) is 14.9. The van der Waals surface area contributed by atoms with Crippen molar-refractivity contribution in [1.29, 1.82) is 0 Å². The van der Waals surface area contributed by atoms with E-state index in [1.54, 1.807) is 18.2 Å². The van der Waals surface area contributed by atoms with E-state index >= 15 is 0 Å². The molecular formula is C16H19NO2S. The van der Waals surface area contributed by atoms with Crippen molar-refractivity contribution >= 4 is 9.84 Å². The number of hydrogen-bond donors (Lipinski definition) is 1. The highest BCUT2D eigenvalue weighted by Crippen LogP contribution is 2.26. The van der Waals surface area contributed by atoms with Crippen molar-refractivity contribution in [3.8, 4) is 11.1 Å². The molecule has 0 saturated heterocycles. The lowest BCUT2D eigenvalue weighted by molar-refractivity contribution is 0.602. The second-order valence-electron chi connectivity index (χ2n) is 5.09. The van der Waals surface area contributed by atoms with E-state index in [0.29, 0.717) is 11.4 Å². The summed E-state index contributed by atoms with van der Waals surface area (Å²) in [7, 11) is -3.19. The van der Waals surface area contributed by atoms with Gasteiger partial charge in [0.15, 0.2) is 9.84 Å². The van der Waals surface area contributed by atoms with Crippen molar-refractivity contribution in [2.45, 2.75) is 25.3 Å². The average Bonchev–Trinajstić information content (AvgIpc) is 2.37. The van der Waals surface area contributed by atoms with Crippen LogP contribution in [0.15, 0.2) is 41.3 Å². The first-order valence-corrected chi connectivity index (χ1v) is 8.32. The van der Waals surface area contributed by atoms with Crippen LogP contribution in [0.1, 0.15) is 16.7 Å². The smallest absolute Gasteiger partial charge is 0.175 e. The molecule has 0 unspecified atom stereocenters. The topological polar surface area (TPSA) is 60.2 Å². The van der Waals surface area contributed by atoms with Gasteiger partial charge in [-0.25, -0.2) is 8.42 Å². The first-order valence-electron chi connectivity index (χ1n) is 6.43. The Bertz CT molecular complexity index is 726. The minimum Gasteiger partial charge on any atom is -0.326 e. The maximum atomic E-state index is 11.6. The van der Waals surface area contributed by atoms with E-state index in [9.17, 15) is 8.42 Å². The van der Waals surface area contributed by atoms with E-state index in [1.165, 1.54) is 6.26 Å². The fourth-order valence-electron chi connectivity index (χ4n) is 2.39. The Kier molecular flexibility index (Phi) is 3.97. The van der Waals surface area contributed by atoms with E-state index in [-0.39, 0.29) is 0 Å². The fraction of sp³-hybridized carbons (Fsp3) is 0.250. The Balaban J connectivity index is 2.58. The molecule has 0 aliphatic heterocycles.